The van der Waals surface area contributed by atoms with Crippen molar-refractivity contribution in [3.8, 4) is 22.8 Å². The lowest BCUT2D eigenvalue weighted by Crippen LogP contribution is -2.41. The Hall–Kier alpha value is -4.08. The summed E-state index contributed by atoms with van der Waals surface area (Å²) in [6, 6.07) is 10.6. The third-order valence-corrected chi connectivity index (χ3v) is 6.77. The minimum Gasteiger partial charge on any atom is -0.454 e. The zero-order valence-corrected chi connectivity index (χ0v) is 19.4. The molecule has 2 fully saturated rings. The topological polar surface area (TPSA) is 99.2 Å². The number of hydrogen-bond donors (Lipinski definition) is 1. The molecule has 0 radical (unpaired) electrons. The Labute approximate surface area is 205 Å². The summed E-state index contributed by atoms with van der Waals surface area (Å²) in [5.74, 6) is -1.15. The number of nitrogen functional groups attached to an aromatic ring is 1. The molecule has 8 nitrogen and oxygen atoms in total. The summed E-state index contributed by atoms with van der Waals surface area (Å²) < 4.78 is 34.9. The van der Waals surface area contributed by atoms with Gasteiger partial charge < -0.3 is 15.4 Å². The highest BCUT2D eigenvalue weighted by Crippen LogP contribution is 2.37. The second kappa shape index (κ2) is 8.85. The maximum Gasteiger partial charge on any atom is 0.225 e. The molecule has 1 unspecified atom stereocenters. The third kappa shape index (κ3) is 4.02. The predicted molar refractivity (Wildman–Crippen MR) is 129 cm³/mol. The SMILES string of the molecule is Nc1ncnc2c1c(-c1ccc(Oc3cccc(F)c3F)cc1)nn2C1CCCN(C(=O)C2CC2)C1. The number of halogens is 2. The smallest absolute Gasteiger partial charge is 0.225 e. The Kier molecular flexibility index (Phi) is 5.50. The number of nitrogens with zero attached hydrogens (tertiary/aromatic N) is 5. The largest absolute Gasteiger partial charge is 0.454 e. The lowest BCUT2D eigenvalue weighted by Gasteiger charge is -2.33. The molecule has 3 heterocycles. The average molecular weight is 491 g/mol. The minimum atomic E-state index is -1.04. The van der Waals surface area contributed by atoms with E-state index in [-0.39, 0.29) is 23.6 Å². The van der Waals surface area contributed by atoms with E-state index in [4.69, 9.17) is 15.6 Å². The van der Waals surface area contributed by atoms with Gasteiger partial charge in [0.2, 0.25) is 11.7 Å². The van der Waals surface area contributed by atoms with Gasteiger partial charge in [0.05, 0.1) is 11.4 Å². The number of amides is 1. The van der Waals surface area contributed by atoms with Gasteiger partial charge in [0.15, 0.2) is 17.2 Å². The number of nitrogens with two attached hydrogens (primary N) is 1. The molecule has 0 bridgehead atoms. The number of ether oxygens (including phenoxy) is 1. The molecule has 2 N–H and O–H groups in total. The second-order valence-electron chi connectivity index (χ2n) is 9.28. The molecule has 10 heteroatoms. The molecule has 184 valence electrons. The first-order valence-electron chi connectivity index (χ1n) is 12.0. The standard InChI is InChI=1S/C26H24F2N6O2/c27-19-4-1-5-20(22(19)28)36-18-10-8-15(9-11-18)23-21-24(29)30-14-31-25(21)34(32-23)17-3-2-12-33(13-17)26(35)16-6-7-16/h1,4-5,8-11,14,16-17H,2-3,6-7,12-13H2,(H2,29,30,31). The van der Waals surface area contributed by atoms with Crippen LogP contribution in [0, 0.1) is 17.6 Å². The summed E-state index contributed by atoms with van der Waals surface area (Å²) in [5, 5.41) is 5.52. The fourth-order valence-electron chi connectivity index (χ4n) is 4.77. The van der Waals surface area contributed by atoms with Gasteiger partial charge in [-0.15, -0.1) is 0 Å². The van der Waals surface area contributed by atoms with Crippen molar-refractivity contribution >= 4 is 22.8 Å². The lowest BCUT2D eigenvalue weighted by molar-refractivity contribution is -0.134. The quantitative estimate of drug-likeness (QED) is 0.435. The summed E-state index contributed by atoms with van der Waals surface area (Å²) in [5.41, 5.74) is 8.22. The van der Waals surface area contributed by atoms with Crippen LogP contribution >= 0.6 is 0 Å². The van der Waals surface area contributed by atoms with Crippen molar-refractivity contribution in [2.75, 3.05) is 18.8 Å². The van der Waals surface area contributed by atoms with Crippen molar-refractivity contribution in [1.82, 2.24) is 24.6 Å². The molecule has 1 saturated carbocycles. The molecule has 0 spiro atoms. The molecule has 1 saturated heterocycles. The Balaban J connectivity index is 1.32. The van der Waals surface area contributed by atoms with Gasteiger partial charge in [-0.2, -0.15) is 9.49 Å². The molecule has 4 aromatic rings. The second-order valence-corrected chi connectivity index (χ2v) is 9.28. The van der Waals surface area contributed by atoms with Crippen LogP contribution in [0.1, 0.15) is 31.7 Å². The van der Waals surface area contributed by atoms with Crippen LogP contribution in [0.2, 0.25) is 0 Å². The number of piperidine rings is 1. The van der Waals surface area contributed by atoms with Crippen LogP contribution in [0.3, 0.4) is 0 Å². The molecule has 6 rings (SSSR count). The van der Waals surface area contributed by atoms with E-state index in [2.05, 4.69) is 9.97 Å². The zero-order chi connectivity index (χ0) is 24.8. The van der Waals surface area contributed by atoms with Crippen molar-refractivity contribution in [1.29, 1.82) is 0 Å². The first-order valence-corrected chi connectivity index (χ1v) is 12.0. The van der Waals surface area contributed by atoms with Gasteiger partial charge in [-0.3, -0.25) is 4.79 Å². The molecular formula is C26H24F2N6O2. The van der Waals surface area contributed by atoms with E-state index in [1.54, 1.807) is 24.3 Å². The monoisotopic (exact) mass is 490 g/mol. The van der Waals surface area contributed by atoms with Crippen LogP contribution in [-0.2, 0) is 4.79 Å². The fraction of sp³-hybridized carbons (Fsp3) is 0.308. The third-order valence-electron chi connectivity index (χ3n) is 6.77. The maximum absolute atomic E-state index is 14.0. The van der Waals surface area contributed by atoms with E-state index in [9.17, 15) is 13.6 Å². The van der Waals surface area contributed by atoms with Gasteiger partial charge in [-0.05, 0) is 62.1 Å². The number of aromatic nitrogens is 4. The van der Waals surface area contributed by atoms with Crippen LogP contribution in [0.4, 0.5) is 14.6 Å². The molecule has 2 aromatic carbocycles. The number of likely N-dealkylation sites (tertiary alicyclic amines) is 1. The Morgan fingerprint density at radius 2 is 1.86 bits per heavy atom. The van der Waals surface area contributed by atoms with E-state index in [1.807, 2.05) is 9.58 Å². The summed E-state index contributed by atoms with van der Waals surface area (Å²) >= 11 is 0. The number of rotatable bonds is 5. The summed E-state index contributed by atoms with van der Waals surface area (Å²) in [4.78, 5) is 23.3. The first kappa shape index (κ1) is 22.4. The predicted octanol–water partition coefficient (Wildman–Crippen LogP) is 4.72. The molecule has 36 heavy (non-hydrogen) atoms. The number of carbonyl (C=O) groups excluding carboxylic acids is 1. The average Bonchev–Trinajstić information content (AvgIpc) is 3.67. The molecule has 1 aliphatic heterocycles. The number of anilines is 1. The van der Waals surface area contributed by atoms with E-state index < -0.39 is 11.6 Å². The van der Waals surface area contributed by atoms with E-state index in [1.165, 1.54) is 18.5 Å². The molecule has 1 aliphatic carbocycles. The lowest BCUT2D eigenvalue weighted by atomic mass is 10.1. The van der Waals surface area contributed by atoms with Gasteiger partial charge >= 0.3 is 0 Å². The van der Waals surface area contributed by atoms with E-state index in [0.29, 0.717) is 34.8 Å². The van der Waals surface area contributed by atoms with Crippen molar-refractivity contribution in [3.63, 3.8) is 0 Å². The number of benzene rings is 2. The summed E-state index contributed by atoms with van der Waals surface area (Å²) in [7, 11) is 0. The van der Waals surface area contributed by atoms with Crippen LogP contribution in [-0.4, -0.2) is 43.6 Å². The van der Waals surface area contributed by atoms with E-state index >= 15 is 0 Å². The van der Waals surface area contributed by atoms with Crippen molar-refractivity contribution in [3.05, 3.63) is 60.4 Å². The molecular weight excluding hydrogens is 466 g/mol. The van der Waals surface area contributed by atoms with Crippen molar-refractivity contribution in [2.24, 2.45) is 5.92 Å². The van der Waals surface area contributed by atoms with Gasteiger partial charge in [0.25, 0.3) is 0 Å². The van der Waals surface area contributed by atoms with Gasteiger partial charge in [-0.25, -0.2) is 19.0 Å². The number of hydrogen-bond acceptors (Lipinski definition) is 6. The van der Waals surface area contributed by atoms with Crippen LogP contribution < -0.4 is 10.5 Å². The van der Waals surface area contributed by atoms with Crippen molar-refractivity contribution < 1.29 is 18.3 Å². The first-order chi connectivity index (χ1) is 17.5. The molecule has 2 aliphatic rings. The number of carbonyl (C=O) groups is 1. The highest BCUT2D eigenvalue weighted by atomic mass is 19.2. The zero-order valence-electron chi connectivity index (χ0n) is 19.4. The Morgan fingerprint density at radius 1 is 1.06 bits per heavy atom. The van der Waals surface area contributed by atoms with Crippen molar-refractivity contribution in [2.45, 2.75) is 31.7 Å². The molecule has 2 aromatic heterocycles. The van der Waals surface area contributed by atoms with Crippen LogP contribution in [0.25, 0.3) is 22.3 Å². The highest BCUT2D eigenvalue weighted by Gasteiger charge is 2.36. The van der Waals surface area contributed by atoms with Gasteiger partial charge in [-0.1, -0.05) is 6.07 Å². The Bertz CT molecular complexity index is 1450. The summed E-state index contributed by atoms with van der Waals surface area (Å²) in [6.45, 7) is 1.35. The minimum absolute atomic E-state index is 0.0226. The summed E-state index contributed by atoms with van der Waals surface area (Å²) in [6.07, 6.45) is 5.14. The van der Waals surface area contributed by atoms with Gasteiger partial charge in [0, 0.05) is 24.6 Å². The molecule has 1 amide bonds. The highest BCUT2D eigenvalue weighted by molar-refractivity contribution is 5.98. The Morgan fingerprint density at radius 3 is 2.64 bits per heavy atom. The van der Waals surface area contributed by atoms with Gasteiger partial charge in [0.1, 0.15) is 23.6 Å². The normalized spacial score (nSPS) is 17.9. The fourth-order valence-corrected chi connectivity index (χ4v) is 4.77. The molecule has 1 atom stereocenters. The number of fused-ring (bicyclic) bond motifs is 1. The van der Waals surface area contributed by atoms with E-state index in [0.717, 1.165) is 43.9 Å². The maximum atomic E-state index is 14.0. The van der Waals surface area contributed by atoms with Crippen LogP contribution in [0.5, 0.6) is 11.5 Å². The van der Waals surface area contributed by atoms with Crippen LogP contribution in [0.15, 0.2) is 48.8 Å².